The van der Waals surface area contributed by atoms with E-state index in [1.54, 1.807) is 49.4 Å². The van der Waals surface area contributed by atoms with Gasteiger partial charge in [-0.1, -0.05) is 6.58 Å². The van der Waals surface area contributed by atoms with Gasteiger partial charge in [0.25, 0.3) is 0 Å². The van der Waals surface area contributed by atoms with Gasteiger partial charge in [-0.2, -0.15) is 0 Å². The van der Waals surface area contributed by atoms with Gasteiger partial charge in [0.2, 0.25) is 11.8 Å². The number of carboxylic acids is 3. The third kappa shape index (κ3) is 10.3. The van der Waals surface area contributed by atoms with Gasteiger partial charge in [0.05, 0.1) is 48.7 Å². The number of ether oxygens (including phenoxy) is 3. The molecule has 2 aromatic carbocycles. The fraction of sp³-hybridized carbons (Fsp3) is 0.263. The largest absolute Gasteiger partial charge is 0.493 e. The summed E-state index contributed by atoms with van der Waals surface area (Å²) in [4.78, 5) is 56.9. The number of piperidine rings is 1. The van der Waals surface area contributed by atoms with Crippen LogP contribution < -0.4 is 19.5 Å². The van der Waals surface area contributed by atoms with Gasteiger partial charge in [-0.05, 0) is 31.2 Å². The van der Waals surface area contributed by atoms with Crippen molar-refractivity contribution in [2.75, 3.05) is 25.5 Å². The summed E-state index contributed by atoms with van der Waals surface area (Å²) < 4.78 is 48.2. The van der Waals surface area contributed by atoms with Gasteiger partial charge in [0, 0.05) is 61.8 Å². The Labute approximate surface area is 328 Å². The molecular formula is C38H37F2N7O11. The van der Waals surface area contributed by atoms with E-state index in [0.29, 0.717) is 59.8 Å². The van der Waals surface area contributed by atoms with Gasteiger partial charge >= 0.3 is 17.9 Å². The van der Waals surface area contributed by atoms with Crippen molar-refractivity contribution in [3.05, 3.63) is 91.2 Å². The number of nitrogens with one attached hydrogen (secondary N) is 1. The van der Waals surface area contributed by atoms with Crippen LogP contribution in [0.2, 0.25) is 0 Å². The van der Waals surface area contributed by atoms with Crippen molar-refractivity contribution in [2.24, 2.45) is 0 Å². The van der Waals surface area contributed by atoms with Crippen LogP contribution in [0.5, 0.6) is 23.1 Å². The molecule has 3 aromatic heterocycles. The zero-order chi connectivity index (χ0) is 42.1. The predicted molar refractivity (Wildman–Crippen MR) is 199 cm³/mol. The maximum absolute atomic E-state index is 15.3. The number of methoxy groups -OCH3 is 1. The molecule has 1 saturated heterocycles. The molecule has 0 spiro atoms. The number of carbonyl (C=O) groups is 4. The number of rotatable bonds is 14. The molecule has 304 valence electrons. The highest BCUT2D eigenvalue weighted by atomic mass is 19.1. The van der Waals surface area contributed by atoms with Crippen molar-refractivity contribution in [1.82, 2.24) is 29.6 Å². The number of aromatic nitrogens is 5. The standard InChI is InChI=1S/C32H29F2N7O4.C6H8O7/c1-4-31(42)40-10-7-21(8-11-40)44-29-15-23-27(16-28(29)43-3)36-18-37-32(23)38-26-6-5-22(14-25(26)34)45-30-9-12-41(39-30)20-13-24(33)19(2)35-17-20;7-3(8)1-6(13,5(11)12)2-4(9)10/h4-6,9,12-18,21H,1,7-8,10-11H2,2-3H3,(H,36,37,38);13H,1-2H2,(H,7,8)(H,9,10)(H,11,12). The summed E-state index contributed by atoms with van der Waals surface area (Å²) in [5.74, 6) is -4.40. The number of benzene rings is 2. The van der Waals surface area contributed by atoms with Crippen LogP contribution in [0.15, 0.2) is 73.8 Å². The quantitative estimate of drug-likeness (QED) is 0.0959. The summed E-state index contributed by atoms with van der Waals surface area (Å²) in [6.45, 7) is 6.25. The van der Waals surface area contributed by atoms with Crippen LogP contribution in [-0.2, 0) is 19.2 Å². The van der Waals surface area contributed by atoms with Gasteiger partial charge < -0.3 is 44.9 Å². The van der Waals surface area contributed by atoms with Gasteiger partial charge in [-0.3, -0.25) is 19.4 Å². The van der Waals surface area contributed by atoms with Crippen molar-refractivity contribution >= 4 is 46.2 Å². The van der Waals surface area contributed by atoms with Crippen LogP contribution in [0.25, 0.3) is 16.6 Å². The molecule has 0 radical (unpaired) electrons. The number of anilines is 2. The summed E-state index contributed by atoms with van der Waals surface area (Å²) in [7, 11) is 1.54. The maximum atomic E-state index is 15.3. The van der Waals surface area contributed by atoms with Crippen molar-refractivity contribution in [3.8, 4) is 28.8 Å². The number of aryl methyl sites for hydroxylation is 1. The summed E-state index contributed by atoms with van der Waals surface area (Å²) in [6, 6.07) is 10.7. The molecule has 0 atom stereocenters. The number of fused-ring (bicyclic) bond motifs is 1. The lowest BCUT2D eigenvalue weighted by Gasteiger charge is -2.31. The Balaban J connectivity index is 0.000000425. The van der Waals surface area contributed by atoms with Crippen LogP contribution in [-0.4, -0.2) is 106 Å². The molecule has 0 unspecified atom stereocenters. The normalized spacial score (nSPS) is 12.9. The molecule has 5 N–H and O–H groups in total. The SMILES string of the molecule is C=CC(=O)N1CCC(Oc2cc3c(Nc4ccc(Oc5ccn(-c6cnc(C)c(F)c6)n5)cc4F)ncnc3cc2OC)CC1.O=C(O)CC(O)(CC(=O)O)C(=O)O. The fourth-order valence-corrected chi connectivity index (χ4v) is 5.67. The lowest BCUT2D eigenvalue weighted by atomic mass is 9.96. The van der Waals surface area contributed by atoms with Gasteiger partial charge in [0.15, 0.2) is 17.1 Å². The van der Waals surface area contributed by atoms with E-state index >= 15 is 4.39 Å². The Bertz CT molecular complexity index is 2330. The lowest BCUT2D eigenvalue weighted by Crippen LogP contribution is -2.42. The monoisotopic (exact) mass is 805 g/mol. The van der Waals surface area contributed by atoms with E-state index in [-0.39, 0.29) is 35.0 Å². The molecule has 6 rings (SSSR count). The average molecular weight is 806 g/mol. The number of aliphatic hydroxyl groups is 1. The number of halogens is 2. The van der Waals surface area contributed by atoms with Crippen molar-refractivity contribution < 1.29 is 62.6 Å². The first-order valence-electron chi connectivity index (χ1n) is 17.3. The Morgan fingerprint density at radius 2 is 1.67 bits per heavy atom. The minimum Gasteiger partial charge on any atom is -0.493 e. The Morgan fingerprint density at radius 3 is 2.28 bits per heavy atom. The van der Waals surface area contributed by atoms with Crippen LogP contribution in [0, 0.1) is 18.6 Å². The van der Waals surface area contributed by atoms with E-state index < -0.39 is 48.0 Å². The molecule has 5 aromatic rings. The number of nitrogens with zero attached hydrogens (tertiary/aromatic N) is 6. The van der Waals surface area contributed by atoms with E-state index in [4.69, 9.17) is 34.6 Å². The Kier molecular flexibility index (Phi) is 13.1. The van der Waals surface area contributed by atoms with E-state index in [0.717, 1.165) is 0 Å². The minimum absolute atomic E-state index is 0.0964. The second kappa shape index (κ2) is 18.2. The highest BCUT2D eigenvalue weighted by Crippen LogP contribution is 2.37. The number of amides is 1. The highest BCUT2D eigenvalue weighted by molar-refractivity contribution is 5.93. The van der Waals surface area contributed by atoms with Crippen molar-refractivity contribution in [1.29, 1.82) is 0 Å². The van der Waals surface area contributed by atoms with Crippen LogP contribution in [0.3, 0.4) is 0 Å². The Hall–Kier alpha value is -7.22. The van der Waals surface area contributed by atoms with Gasteiger partial charge in [0.1, 0.15) is 35.6 Å². The third-order valence-corrected chi connectivity index (χ3v) is 8.68. The number of aliphatic carboxylic acids is 3. The molecular weight excluding hydrogens is 768 g/mol. The fourth-order valence-electron chi connectivity index (χ4n) is 5.67. The van der Waals surface area contributed by atoms with Crippen LogP contribution >= 0.6 is 0 Å². The van der Waals surface area contributed by atoms with Crippen molar-refractivity contribution in [3.63, 3.8) is 0 Å². The summed E-state index contributed by atoms with van der Waals surface area (Å²) >= 11 is 0. The molecule has 4 heterocycles. The Morgan fingerprint density at radius 1 is 0.966 bits per heavy atom. The first-order chi connectivity index (χ1) is 27.6. The van der Waals surface area contributed by atoms with Gasteiger partial charge in [-0.25, -0.2) is 28.2 Å². The smallest absolute Gasteiger partial charge is 0.336 e. The minimum atomic E-state index is -2.74. The first kappa shape index (κ1) is 41.9. The zero-order valence-electron chi connectivity index (χ0n) is 31.0. The number of hydrogen-bond donors (Lipinski definition) is 5. The molecule has 0 bridgehead atoms. The lowest BCUT2D eigenvalue weighted by molar-refractivity contribution is -0.170. The summed E-state index contributed by atoms with van der Waals surface area (Å²) in [6.07, 6.45) is 4.66. The number of carbonyl (C=O) groups excluding carboxylic acids is 1. The topological polar surface area (TPSA) is 249 Å². The van der Waals surface area contributed by atoms with Crippen molar-refractivity contribution in [2.45, 2.75) is 44.3 Å². The molecule has 0 saturated carbocycles. The average Bonchev–Trinajstić information content (AvgIpc) is 3.64. The second-order valence-electron chi connectivity index (χ2n) is 12.8. The number of carboxylic acid groups (broad SMARTS) is 3. The summed E-state index contributed by atoms with van der Waals surface area (Å²) in [5.41, 5.74) is -1.30. The molecule has 58 heavy (non-hydrogen) atoms. The van der Waals surface area contributed by atoms with E-state index in [1.807, 2.05) is 0 Å². The number of pyridine rings is 1. The second-order valence-corrected chi connectivity index (χ2v) is 12.8. The molecule has 1 amide bonds. The van der Waals surface area contributed by atoms with E-state index in [1.165, 1.54) is 41.5 Å². The van der Waals surface area contributed by atoms with E-state index in [9.17, 15) is 23.6 Å². The third-order valence-electron chi connectivity index (χ3n) is 8.68. The molecule has 1 fully saturated rings. The van der Waals surface area contributed by atoms with Crippen LogP contribution in [0.1, 0.15) is 31.4 Å². The number of hydrogen-bond acceptors (Lipinski definition) is 13. The zero-order valence-corrected chi connectivity index (χ0v) is 31.0. The van der Waals surface area contributed by atoms with Gasteiger partial charge in [-0.15, -0.1) is 5.10 Å². The summed E-state index contributed by atoms with van der Waals surface area (Å²) in [5, 5.41) is 41.7. The highest BCUT2D eigenvalue weighted by Gasteiger charge is 2.40. The predicted octanol–water partition coefficient (Wildman–Crippen LogP) is 4.65. The van der Waals surface area contributed by atoms with E-state index in [2.05, 4.69) is 31.9 Å². The first-order valence-corrected chi connectivity index (χ1v) is 17.3. The molecule has 0 aliphatic carbocycles. The molecule has 20 heteroatoms. The maximum Gasteiger partial charge on any atom is 0.336 e. The molecule has 1 aliphatic heterocycles. The van der Waals surface area contributed by atoms with Crippen LogP contribution in [0.4, 0.5) is 20.3 Å². The molecule has 1 aliphatic rings. The molecule has 18 nitrogen and oxygen atoms in total. The number of likely N-dealkylation sites (tertiary alicyclic amines) is 1.